The van der Waals surface area contributed by atoms with Crippen LogP contribution in [-0.2, 0) is 10.0 Å². The zero-order valence-corrected chi connectivity index (χ0v) is 12.2. The zero-order valence-electron chi connectivity index (χ0n) is 11.4. The number of nitrogens with one attached hydrogen (secondary N) is 2. The lowest BCUT2D eigenvalue weighted by Crippen LogP contribution is -2.21. The molecule has 5 heteroatoms. The number of anilines is 2. The maximum absolute atomic E-state index is 11.4. The van der Waals surface area contributed by atoms with Gasteiger partial charge in [0, 0.05) is 17.4 Å². The van der Waals surface area contributed by atoms with Gasteiger partial charge in [-0.05, 0) is 44.0 Å². The molecule has 1 atom stereocenters. The van der Waals surface area contributed by atoms with Gasteiger partial charge in [-0.25, -0.2) is 8.42 Å². The van der Waals surface area contributed by atoms with Crippen molar-refractivity contribution >= 4 is 21.4 Å². The Morgan fingerprint density at radius 3 is 2.00 bits per heavy atom. The summed E-state index contributed by atoms with van der Waals surface area (Å²) in [5, 5.41) is 3.37. The first kappa shape index (κ1) is 14.8. The molecule has 0 radical (unpaired) electrons. The molecule has 0 fully saturated rings. The minimum Gasteiger partial charge on any atom is -0.382 e. The Bertz CT molecular complexity index is 466. The third-order valence-corrected chi connectivity index (χ3v) is 4.24. The minimum atomic E-state index is -3.19. The lowest BCUT2D eigenvalue weighted by Gasteiger charge is -2.19. The van der Waals surface area contributed by atoms with Crippen molar-refractivity contribution in [3.63, 3.8) is 0 Å². The van der Waals surface area contributed by atoms with E-state index < -0.39 is 10.0 Å². The van der Waals surface area contributed by atoms with E-state index in [0.717, 1.165) is 5.69 Å². The van der Waals surface area contributed by atoms with Gasteiger partial charge in [0.2, 0.25) is 10.0 Å². The average Bonchev–Trinajstić information content (AvgIpc) is 2.31. The van der Waals surface area contributed by atoms with E-state index in [4.69, 9.17) is 0 Å². The summed E-state index contributed by atoms with van der Waals surface area (Å²) in [7, 11) is -3.19. The van der Waals surface area contributed by atoms with Crippen molar-refractivity contribution in [3.8, 4) is 0 Å². The third kappa shape index (κ3) is 4.56. The van der Waals surface area contributed by atoms with Crippen LogP contribution in [0.5, 0.6) is 0 Å². The quantitative estimate of drug-likeness (QED) is 0.835. The van der Waals surface area contributed by atoms with Crippen molar-refractivity contribution < 1.29 is 8.42 Å². The Morgan fingerprint density at radius 1 is 1.06 bits per heavy atom. The molecule has 0 saturated heterocycles. The van der Waals surface area contributed by atoms with Crippen LogP contribution in [0.3, 0.4) is 0 Å². The van der Waals surface area contributed by atoms with Crippen LogP contribution < -0.4 is 10.0 Å². The van der Waals surface area contributed by atoms with Crippen molar-refractivity contribution in [1.82, 2.24) is 0 Å². The van der Waals surface area contributed by atoms with Gasteiger partial charge in [0.05, 0.1) is 5.75 Å². The number of sulfonamides is 1. The molecule has 0 saturated carbocycles. The predicted octanol–water partition coefficient (Wildman–Crippen LogP) is 2.90. The third-order valence-electron chi connectivity index (χ3n) is 2.93. The largest absolute Gasteiger partial charge is 0.382 e. The monoisotopic (exact) mass is 270 g/mol. The number of hydrogen-bond acceptors (Lipinski definition) is 3. The molecule has 4 nitrogen and oxygen atoms in total. The summed E-state index contributed by atoms with van der Waals surface area (Å²) < 4.78 is 25.3. The van der Waals surface area contributed by atoms with Crippen molar-refractivity contribution in [3.05, 3.63) is 24.3 Å². The van der Waals surface area contributed by atoms with E-state index in [2.05, 4.69) is 30.8 Å². The van der Waals surface area contributed by atoms with E-state index in [1.807, 2.05) is 12.1 Å². The number of rotatable bonds is 6. The molecule has 1 aromatic carbocycles. The second-order valence-corrected chi connectivity index (χ2v) is 6.77. The zero-order chi connectivity index (χ0) is 13.8. The topological polar surface area (TPSA) is 58.2 Å². The van der Waals surface area contributed by atoms with Crippen molar-refractivity contribution in [2.75, 3.05) is 15.8 Å². The van der Waals surface area contributed by atoms with E-state index in [-0.39, 0.29) is 5.75 Å². The maximum Gasteiger partial charge on any atom is 0.232 e. The van der Waals surface area contributed by atoms with E-state index in [1.54, 1.807) is 19.1 Å². The summed E-state index contributed by atoms with van der Waals surface area (Å²) >= 11 is 0. The van der Waals surface area contributed by atoms with Crippen LogP contribution in [0.25, 0.3) is 0 Å². The van der Waals surface area contributed by atoms with E-state index >= 15 is 0 Å². The molecule has 0 aliphatic heterocycles. The van der Waals surface area contributed by atoms with Crippen LogP contribution >= 0.6 is 0 Å². The predicted molar refractivity (Wildman–Crippen MR) is 77.4 cm³/mol. The average molecular weight is 270 g/mol. The number of benzene rings is 1. The first-order valence-electron chi connectivity index (χ1n) is 6.21. The molecule has 0 heterocycles. The second kappa shape index (κ2) is 6.09. The highest BCUT2D eigenvalue weighted by molar-refractivity contribution is 7.92. The Hall–Kier alpha value is -1.23. The summed E-state index contributed by atoms with van der Waals surface area (Å²) in [6.07, 6.45) is 0. The Balaban J connectivity index is 2.69. The molecule has 102 valence electrons. The maximum atomic E-state index is 11.4. The van der Waals surface area contributed by atoms with Gasteiger partial charge >= 0.3 is 0 Å². The van der Waals surface area contributed by atoms with Gasteiger partial charge in [0.15, 0.2) is 0 Å². The normalized spacial score (nSPS) is 13.4. The summed E-state index contributed by atoms with van der Waals surface area (Å²) in [5.41, 5.74) is 1.59. The number of hydrogen-bond donors (Lipinski definition) is 2. The summed E-state index contributed by atoms with van der Waals surface area (Å²) in [5.74, 6) is 0.625. The molecule has 0 aromatic heterocycles. The summed E-state index contributed by atoms with van der Waals surface area (Å²) in [6.45, 7) is 8.05. The van der Waals surface area contributed by atoms with Crippen LogP contribution in [0.15, 0.2) is 24.3 Å². The Kier molecular flexibility index (Phi) is 5.02. The molecule has 1 rings (SSSR count). The van der Waals surface area contributed by atoms with E-state index in [9.17, 15) is 8.42 Å². The van der Waals surface area contributed by atoms with Gasteiger partial charge in [0.25, 0.3) is 0 Å². The van der Waals surface area contributed by atoms with Gasteiger partial charge in [-0.3, -0.25) is 4.72 Å². The van der Waals surface area contributed by atoms with E-state index in [1.165, 1.54) is 0 Å². The fourth-order valence-electron chi connectivity index (χ4n) is 1.32. The molecular formula is C13H22N2O2S. The lowest BCUT2D eigenvalue weighted by molar-refractivity contribution is 0.560. The smallest absolute Gasteiger partial charge is 0.232 e. The van der Waals surface area contributed by atoms with Crippen molar-refractivity contribution in [2.24, 2.45) is 5.92 Å². The molecule has 18 heavy (non-hydrogen) atoms. The first-order chi connectivity index (χ1) is 8.34. The standard InChI is InChI=1S/C13H22N2O2S/c1-5-18(16,17)15-13-8-6-12(7-9-13)14-11(4)10(2)3/h6-11,14-15H,5H2,1-4H3. The van der Waals surface area contributed by atoms with Gasteiger partial charge in [-0.1, -0.05) is 13.8 Å². The van der Waals surface area contributed by atoms with Gasteiger partial charge in [0.1, 0.15) is 0 Å². The molecule has 2 N–H and O–H groups in total. The second-order valence-electron chi connectivity index (χ2n) is 4.76. The molecule has 0 amide bonds. The minimum absolute atomic E-state index is 0.0807. The Labute approximate surface area is 110 Å². The molecule has 1 unspecified atom stereocenters. The van der Waals surface area contributed by atoms with Crippen molar-refractivity contribution in [2.45, 2.75) is 33.7 Å². The fourth-order valence-corrected chi connectivity index (χ4v) is 1.96. The van der Waals surface area contributed by atoms with Gasteiger partial charge in [-0.2, -0.15) is 0 Å². The van der Waals surface area contributed by atoms with Crippen LogP contribution in [0, 0.1) is 5.92 Å². The first-order valence-corrected chi connectivity index (χ1v) is 7.86. The van der Waals surface area contributed by atoms with Crippen LogP contribution in [0.4, 0.5) is 11.4 Å². The highest BCUT2D eigenvalue weighted by atomic mass is 32.2. The van der Waals surface area contributed by atoms with E-state index in [0.29, 0.717) is 17.6 Å². The molecule has 1 aromatic rings. The molecular weight excluding hydrogens is 248 g/mol. The van der Waals surface area contributed by atoms with Crippen LogP contribution in [0.2, 0.25) is 0 Å². The highest BCUT2D eigenvalue weighted by Gasteiger charge is 2.08. The summed E-state index contributed by atoms with van der Waals surface area (Å²) in [4.78, 5) is 0. The van der Waals surface area contributed by atoms with Crippen LogP contribution in [-0.4, -0.2) is 20.2 Å². The molecule has 0 bridgehead atoms. The highest BCUT2D eigenvalue weighted by Crippen LogP contribution is 2.17. The van der Waals surface area contributed by atoms with Gasteiger partial charge in [-0.15, -0.1) is 0 Å². The molecule has 0 aliphatic rings. The van der Waals surface area contributed by atoms with Gasteiger partial charge < -0.3 is 5.32 Å². The molecule has 0 aliphatic carbocycles. The fraction of sp³-hybridized carbons (Fsp3) is 0.538. The molecule has 0 spiro atoms. The Morgan fingerprint density at radius 2 is 1.56 bits per heavy atom. The van der Waals surface area contributed by atoms with Crippen molar-refractivity contribution in [1.29, 1.82) is 0 Å². The SMILES string of the molecule is CCS(=O)(=O)Nc1ccc(NC(C)C(C)C)cc1. The summed E-state index contributed by atoms with van der Waals surface area (Å²) in [6, 6.07) is 7.67. The lowest BCUT2D eigenvalue weighted by atomic mass is 10.1. The van der Waals surface area contributed by atoms with Crippen LogP contribution in [0.1, 0.15) is 27.7 Å².